The molecule has 17 heavy (non-hydrogen) atoms. The van der Waals surface area contributed by atoms with Crippen LogP contribution in [0.4, 0.5) is 0 Å². The van der Waals surface area contributed by atoms with Crippen LogP contribution in [0, 0.1) is 5.41 Å². The van der Waals surface area contributed by atoms with Crippen molar-refractivity contribution < 1.29 is 19.5 Å². The summed E-state index contributed by atoms with van der Waals surface area (Å²) in [5.41, 5.74) is 0.184. The molecule has 5 nitrogen and oxygen atoms in total. The zero-order valence-electron chi connectivity index (χ0n) is 10.7. The van der Waals surface area contributed by atoms with E-state index in [-0.39, 0.29) is 24.2 Å². The summed E-state index contributed by atoms with van der Waals surface area (Å²) in [7, 11) is 0. The van der Waals surface area contributed by atoms with E-state index in [1.165, 1.54) is 0 Å². The molecule has 0 aromatic heterocycles. The van der Waals surface area contributed by atoms with Crippen molar-refractivity contribution in [1.82, 2.24) is 5.06 Å². The van der Waals surface area contributed by atoms with Gasteiger partial charge in [0.25, 0.3) is 5.91 Å². The summed E-state index contributed by atoms with van der Waals surface area (Å²) in [4.78, 5) is 27.5. The molecule has 1 amide bonds. The van der Waals surface area contributed by atoms with E-state index in [0.717, 1.165) is 17.9 Å². The Labute approximate surface area is 102 Å². The van der Waals surface area contributed by atoms with Crippen LogP contribution < -0.4 is 0 Å². The maximum Gasteiger partial charge on any atom is 0.332 e. The Bertz CT molecular complexity index is 295. The fraction of sp³-hybridized carbons (Fsp3) is 0.833. The Kier molecular flexibility index (Phi) is 4.51. The smallest absolute Gasteiger partial charge is 0.332 e. The molecule has 1 saturated heterocycles. The number of amides is 1. The summed E-state index contributed by atoms with van der Waals surface area (Å²) in [5.74, 6) is -0.787. The van der Waals surface area contributed by atoms with Gasteiger partial charge in [0, 0.05) is 19.3 Å². The number of nitrogens with zero attached hydrogens (tertiary/aromatic N) is 1. The van der Waals surface area contributed by atoms with Gasteiger partial charge in [-0.3, -0.25) is 4.79 Å². The highest BCUT2D eigenvalue weighted by molar-refractivity contribution is 5.79. The van der Waals surface area contributed by atoms with E-state index in [2.05, 4.69) is 20.8 Å². The average molecular weight is 243 g/mol. The van der Waals surface area contributed by atoms with Gasteiger partial charge in [0.1, 0.15) is 0 Å². The van der Waals surface area contributed by atoms with Gasteiger partial charge in [-0.15, -0.1) is 5.06 Å². The molecule has 0 aromatic carbocycles. The van der Waals surface area contributed by atoms with Crippen LogP contribution >= 0.6 is 0 Å². The van der Waals surface area contributed by atoms with Gasteiger partial charge >= 0.3 is 5.97 Å². The van der Waals surface area contributed by atoms with Gasteiger partial charge in [-0.1, -0.05) is 20.8 Å². The monoisotopic (exact) mass is 243 g/mol. The minimum Gasteiger partial charge on any atom is -0.370 e. The Morgan fingerprint density at radius 2 is 2.18 bits per heavy atom. The number of aliphatic hydroxyl groups excluding tert-OH is 1. The average Bonchev–Trinajstić information content (AvgIpc) is 2.47. The normalized spacial score (nSPS) is 20.8. The van der Waals surface area contributed by atoms with Crippen LogP contribution in [-0.4, -0.2) is 28.3 Å². The maximum atomic E-state index is 11.4. The third-order valence-corrected chi connectivity index (χ3v) is 2.64. The van der Waals surface area contributed by atoms with Gasteiger partial charge in [0.2, 0.25) is 0 Å². The standard InChI is InChI=1S/C12H21NO4/c1-12(2,3)8-4-5-11(16)17-13-9(14)6-7-10(13)15/h9,14H,4-8H2,1-3H3. The number of aliphatic hydroxyl groups is 1. The second-order valence-electron chi connectivity index (χ2n) is 5.62. The third-order valence-electron chi connectivity index (χ3n) is 2.64. The lowest BCUT2D eigenvalue weighted by atomic mass is 9.90. The van der Waals surface area contributed by atoms with Crippen molar-refractivity contribution in [2.75, 3.05) is 0 Å². The van der Waals surface area contributed by atoms with E-state index in [9.17, 15) is 14.7 Å². The van der Waals surface area contributed by atoms with E-state index in [0.29, 0.717) is 6.42 Å². The van der Waals surface area contributed by atoms with Gasteiger partial charge in [-0.05, 0) is 18.3 Å². The maximum absolute atomic E-state index is 11.4. The van der Waals surface area contributed by atoms with Crippen LogP contribution in [0.5, 0.6) is 0 Å². The highest BCUT2D eigenvalue weighted by atomic mass is 16.7. The molecular weight excluding hydrogens is 222 g/mol. The molecule has 5 heteroatoms. The van der Waals surface area contributed by atoms with Crippen molar-refractivity contribution in [3.63, 3.8) is 0 Å². The minimum atomic E-state index is -0.978. The first-order valence-electron chi connectivity index (χ1n) is 6.00. The number of rotatable bonds is 4. The number of carbonyl (C=O) groups is 2. The zero-order valence-corrected chi connectivity index (χ0v) is 10.7. The van der Waals surface area contributed by atoms with Crippen molar-refractivity contribution in [3.8, 4) is 0 Å². The summed E-state index contributed by atoms with van der Waals surface area (Å²) >= 11 is 0. The predicted octanol–water partition coefficient (Wildman–Crippen LogP) is 1.60. The van der Waals surface area contributed by atoms with Crippen LogP contribution in [-0.2, 0) is 14.4 Å². The molecule has 0 aliphatic carbocycles. The highest BCUT2D eigenvalue weighted by Crippen LogP contribution is 2.22. The zero-order chi connectivity index (χ0) is 13.1. The molecule has 1 fully saturated rings. The SMILES string of the molecule is CC(C)(C)CCCC(=O)ON1C(=O)CCC1O. The fourth-order valence-corrected chi connectivity index (χ4v) is 1.68. The van der Waals surface area contributed by atoms with Gasteiger partial charge in [0.15, 0.2) is 6.23 Å². The van der Waals surface area contributed by atoms with E-state index in [4.69, 9.17) is 4.84 Å². The Hall–Kier alpha value is -1.10. The van der Waals surface area contributed by atoms with E-state index in [1.54, 1.807) is 0 Å². The molecule has 1 aliphatic heterocycles. The van der Waals surface area contributed by atoms with Crippen LogP contribution in [0.2, 0.25) is 0 Å². The molecule has 1 unspecified atom stereocenters. The van der Waals surface area contributed by atoms with E-state index < -0.39 is 12.2 Å². The Balaban J connectivity index is 2.28. The lowest BCUT2D eigenvalue weighted by molar-refractivity contribution is -0.220. The summed E-state index contributed by atoms with van der Waals surface area (Å²) in [6, 6.07) is 0. The van der Waals surface area contributed by atoms with Crippen molar-refractivity contribution in [2.45, 2.75) is 59.1 Å². The quantitative estimate of drug-likeness (QED) is 0.814. The number of hydroxylamine groups is 2. The second kappa shape index (κ2) is 5.49. The molecule has 1 N–H and O–H groups in total. The first kappa shape index (κ1) is 14.0. The highest BCUT2D eigenvalue weighted by Gasteiger charge is 2.32. The Morgan fingerprint density at radius 1 is 1.53 bits per heavy atom. The second-order valence-corrected chi connectivity index (χ2v) is 5.62. The molecule has 1 atom stereocenters. The third kappa shape index (κ3) is 4.73. The van der Waals surface area contributed by atoms with E-state index in [1.807, 2.05) is 0 Å². The molecule has 0 radical (unpaired) electrons. The first-order valence-corrected chi connectivity index (χ1v) is 6.00. The molecule has 1 heterocycles. The van der Waals surface area contributed by atoms with Crippen molar-refractivity contribution >= 4 is 11.9 Å². The van der Waals surface area contributed by atoms with Crippen LogP contribution in [0.15, 0.2) is 0 Å². The number of hydrogen-bond donors (Lipinski definition) is 1. The lowest BCUT2D eigenvalue weighted by Crippen LogP contribution is -2.35. The molecule has 0 bridgehead atoms. The topological polar surface area (TPSA) is 66.8 Å². The summed E-state index contributed by atoms with van der Waals surface area (Å²) in [6.07, 6.45) is 1.49. The largest absolute Gasteiger partial charge is 0.370 e. The number of hydrogen-bond acceptors (Lipinski definition) is 4. The number of carbonyl (C=O) groups excluding carboxylic acids is 2. The molecular formula is C12H21NO4. The van der Waals surface area contributed by atoms with Crippen LogP contribution in [0.25, 0.3) is 0 Å². The van der Waals surface area contributed by atoms with Gasteiger partial charge in [-0.25, -0.2) is 4.79 Å². The summed E-state index contributed by atoms with van der Waals surface area (Å²) in [6.45, 7) is 6.31. The molecule has 98 valence electrons. The minimum absolute atomic E-state index is 0.184. The Morgan fingerprint density at radius 3 is 2.65 bits per heavy atom. The molecule has 0 saturated carbocycles. The van der Waals surface area contributed by atoms with Crippen LogP contribution in [0.1, 0.15) is 52.9 Å². The van der Waals surface area contributed by atoms with Gasteiger partial charge in [0.05, 0.1) is 0 Å². The van der Waals surface area contributed by atoms with Gasteiger partial charge in [-0.2, -0.15) is 0 Å². The van der Waals surface area contributed by atoms with Crippen molar-refractivity contribution in [2.24, 2.45) is 5.41 Å². The molecule has 1 rings (SSSR count). The molecule has 1 aliphatic rings. The van der Waals surface area contributed by atoms with Gasteiger partial charge < -0.3 is 9.94 Å². The van der Waals surface area contributed by atoms with Crippen molar-refractivity contribution in [3.05, 3.63) is 0 Å². The van der Waals surface area contributed by atoms with Crippen LogP contribution in [0.3, 0.4) is 0 Å². The van der Waals surface area contributed by atoms with Crippen molar-refractivity contribution in [1.29, 1.82) is 0 Å². The molecule has 0 spiro atoms. The summed E-state index contributed by atoms with van der Waals surface area (Å²) < 4.78 is 0. The fourth-order valence-electron chi connectivity index (χ4n) is 1.68. The summed E-state index contributed by atoms with van der Waals surface area (Å²) in [5, 5.41) is 10.2. The predicted molar refractivity (Wildman–Crippen MR) is 61.5 cm³/mol. The first-order chi connectivity index (χ1) is 7.79. The van der Waals surface area contributed by atoms with E-state index >= 15 is 0 Å². The lowest BCUT2D eigenvalue weighted by Gasteiger charge is -2.20. The molecule has 0 aromatic rings.